The van der Waals surface area contributed by atoms with Crippen molar-refractivity contribution in [3.8, 4) is 0 Å². The van der Waals surface area contributed by atoms with E-state index in [1.807, 2.05) is 0 Å². The summed E-state index contributed by atoms with van der Waals surface area (Å²) in [7, 11) is 0. The fourth-order valence-electron chi connectivity index (χ4n) is 1.70. The molecule has 108 valence electrons. The molecule has 0 aliphatic carbocycles. The molecule has 0 aromatic rings. The summed E-state index contributed by atoms with van der Waals surface area (Å²) in [6.45, 7) is 3.79. The maximum Gasteiger partial charge on any atom is 0.303 e. The van der Waals surface area contributed by atoms with Crippen molar-refractivity contribution in [2.24, 2.45) is 0 Å². The minimum atomic E-state index is -0.809. The molecule has 8 heteroatoms. The lowest BCUT2D eigenvalue weighted by atomic mass is 10.1. The van der Waals surface area contributed by atoms with E-state index in [-0.39, 0.29) is 4.16 Å². The van der Waals surface area contributed by atoms with Crippen LogP contribution in [0.1, 0.15) is 20.8 Å². The van der Waals surface area contributed by atoms with E-state index in [0.717, 1.165) is 0 Å². The van der Waals surface area contributed by atoms with E-state index in [4.69, 9.17) is 14.2 Å². The van der Waals surface area contributed by atoms with Crippen LogP contribution in [0.5, 0.6) is 0 Å². The zero-order chi connectivity index (χ0) is 14.6. The number of esters is 3. The summed E-state index contributed by atoms with van der Waals surface area (Å²) in [6.07, 6.45) is -2.15. The molecule has 0 saturated carbocycles. The summed E-state index contributed by atoms with van der Waals surface area (Å²) in [5.74, 6) is -1.04. The molecule has 1 saturated heterocycles. The van der Waals surface area contributed by atoms with Crippen LogP contribution in [0.4, 0.5) is 0 Å². The quantitative estimate of drug-likeness (QED) is 0.428. The summed E-state index contributed by atoms with van der Waals surface area (Å²) < 4.78 is 15.2. The van der Waals surface area contributed by atoms with Gasteiger partial charge in [0.2, 0.25) is 0 Å². The van der Waals surface area contributed by atoms with E-state index < -0.39 is 36.2 Å². The average molecular weight is 355 g/mol. The van der Waals surface area contributed by atoms with Crippen molar-refractivity contribution in [1.82, 2.24) is 0 Å². The average Bonchev–Trinajstić information content (AvgIpc) is 2.25. The van der Waals surface area contributed by atoms with Gasteiger partial charge < -0.3 is 14.2 Å². The van der Waals surface area contributed by atoms with Crippen LogP contribution in [0.15, 0.2) is 0 Å². The Balaban J connectivity index is 2.89. The number of thioether (sulfide) groups is 1. The number of ether oxygens (including phenoxy) is 3. The topological polar surface area (TPSA) is 78.9 Å². The fraction of sp³-hybridized carbons (Fsp3) is 0.727. The molecule has 0 amide bonds. The van der Waals surface area contributed by atoms with Crippen LogP contribution in [0.3, 0.4) is 0 Å². The predicted molar refractivity (Wildman–Crippen MR) is 71.8 cm³/mol. The van der Waals surface area contributed by atoms with Gasteiger partial charge in [-0.25, -0.2) is 0 Å². The van der Waals surface area contributed by atoms with E-state index in [2.05, 4.69) is 15.9 Å². The molecule has 6 nitrogen and oxygen atoms in total. The maximum atomic E-state index is 11.2. The fourth-order valence-corrected chi connectivity index (χ4v) is 3.60. The molecule has 0 radical (unpaired) electrons. The van der Waals surface area contributed by atoms with Gasteiger partial charge in [0.05, 0.1) is 0 Å². The molecule has 1 heterocycles. The second-order valence-corrected chi connectivity index (χ2v) is 6.75. The van der Waals surface area contributed by atoms with Crippen molar-refractivity contribution < 1.29 is 28.6 Å². The molecule has 4 unspecified atom stereocenters. The highest BCUT2D eigenvalue weighted by atomic mass is 79.9. The molecule has 1 fully saturated rings. The number of halogens is 1. The number of carbonyl (C=O) groups excluding carboxylic acids is 3. The van der Waals surface area contributed by atoms with E-state index in [1.165, 1.54) is 32.5 Å². The molecule has 1 aliphatic rings. The third-order valence-electron chi connectivity index (χ3n) is 2.29. The Morgan fingerprint density at radius 3 is 1.89 bits per heavy atom. The van der Waals surface area contributed by atoms with Gasteiger partial charge in [0.15, 0.2) is 18.3 Å². The SMILES string of the molecule is CC(=O)OC1CSC(Br)C(OC(C)=O)C1OC(C)=O. The van der Waals surface area contributed by atoms with E-state index in [9.17, 15) is 14.4 Å². The van der Waals surface area contributed by atoms with Crippen molar-refractivity contribution in [1.29, 1.82) is 0 Å². The largest absolute Gasteiger partial charge is 0.458 e. The van der Waals surface area contributed by atoms with Crippen LogP contribution in [0, 0.1) is 0 Å². The van der Waals surface area contributed by atoms with Crippen molar-refractivity contribution in [2.45, 2.75) is 43.2 Å². The third kappa shape index (κ3) is 5.02. The number of alkyl halides is 1. The summed E-state index contributed by atoms with van der Waals surface area (Å²) >= 11 is 4.78. The van der Waals surface area contributed by atoms with Gasteiger partial charge >= 0.3 is 17.9 Å². The number of hydrogen-bond acceptors (Lipinski definition) is 7. The Kier molecular flexibility index (Phi) is 6.12. The highest BCUT2D eigenvalue weighted by molar-refractivity contribution is 9.11. The summed E-state index contributed by atoms with van der Waals surface area (Å²) in [6, 6.07) is 0. The molecule has 4 atom stereocenters. The second kappa shape index (κ2) is 7.14. The Bertz CT molecular complexity index is 374. The summed E-state index contributed by atoms with van der Waals surface area (Å²) in [5.41, 5.74) is 0. The monoisotopic (exact) mass is 354 g/mol. The van der Waals surface area contributed by atoms with Gasteiger partial charge in [-0.2, -0.15) is 0 Å². The molecular formula is C11H15BrO6S. The number of hydrogen-bond donors (Lipinski definition) is 0. The van der Waals surface area contributed by atoms with Crippen LogP contribution >= 0.6 is 27.7 Å². The van der Waals surface area contributed by atoms with Crippen molar-refractivity contribution in [2.75, 3.05) is 5.75 Å². The van der Waals surface area contributed by atoms with Crippen LogP contribution in [0.2, 0.25) is 0 Å². The Hall–Kier alpha value is -0.760. The first-order valence-electron chi connectivity index (χ1n) is 5.58. The van der Waals surface area contributed by atoms with Crippen LogP contribution in [-0.2, 0) is 28.6 Å². The van der Waals surface area contributed by atoms with E-state index >= 15 is 0 Å². The first-order valence-corrected chi connectivity index (χ1v) is 7.55. The van der Waals surface area contributed by atoms with Crippen molar-refractivity contribution in [3.05, 3.63) is 0 Å². The number of rotatable bonds is 3. The molecule has 19 heavy (non-hydrogen) atoms. The molecule has 1 rings (SSSR count). The van der Waals surface area contributed by atoms with Gasteiger partial charge in [-0.15, -0.1) is 11.8 Å². The molecule has 0 bridgehead atoms. The highest BCUT2D eigenvalue weighted by Gasteiger charge is 2.45. The predicted octanol–water partition coefficient (Wildman–Crippen LogP) is 1.25. The Morgan fingerprint density at radius 2 is 1.42 bits per heavy atom. The molecule has 1 aliphatic heterocycles. The maximum absolute atomic E-state index is 11.2. The minimum absolute atomic E-state index is 0.229. The van der Waals surface area contributed by atoms with Gasteiger partial charge in [0, 0.05) is 26.5 Å². The molecule has 0 spiro atoms. The minimum Gasteiger partial charge on any atom is -0.458 e. The lowest BCUT2D eigenvalue weighted by Gasteiger charge is -2.38. The standard InChI is InChI=1S/C11H15BrO6S/c1-5(13)16-8-4-19-11(12)10(18-7(3)15)9(8)17-6(2)14/h8-11H,4H2,1-3H3. The van der Waals surface area contributed by atoms with Gasteiger partial charge in [-0.05, 0) is 0 Å². The van der Waals surface area contributed by atoms with Crippen LogP contribution in [-0.4, -0.2) is 46.1 Å². The Morgan fingerprint density at radius 1 is 0.947 bits per heavy atom. The zero-order valence-electron chi connectivity index (χ0n) is 10.8. The first kappa shape index (κ1) is 16.3. The van der Waals surface area contributed by atoms with E-state index in [0.29, 0.717) is 5.75 Å². The molecule has 0 aromatic heterocycles. The van der Waals surface area contributed by atoms with E-state index in [1.54, 1.807) is 0 Å². The van der Waals surface area contributed by atoms with Gasteiger partial charge in [-0.3, -0.25) is 14.4 Å². The third-order valence-corrected chi connectivity index (χ3v) is 4.71. The molecule has 0 aromatic carbocycles. The van der Waals surface area contributed by atoms with Crippen molar-refractivity contribution >= 4 is 45.6 Å². The number of carbonyl (C=O) groups is 3. The van der Waals surface area contributed by atoms with Crippen LogP contribution < -0.4 is 0 Å². The first-order chi connectivity index (χ1) is 8.81. The lowest BCUT2D eigenvalue weighted by molar-refractivity contribution is -0.180. The Labute approximate surface area is 123 Å². The van der Waals surface area contributed by atoms with Gasteiger partial charge in [-0.1, -0.05) is 15.9 Å². The van der Waals surface area contributed by atoms with Crippen molar-refractivity contribution in [3.63, 3.8) is 0 Å². The van der Waals surface area contributed by atoms with Gasteiger partial charge in [0.25, 0.3) is 0 Å². The highest BCUT2D eigenvalue weighted by Crippen LogP contribution is 2.35. The van der Waals surface area contributed by atoms with Gasteiger partial charge in [0.1, 0.15) is 4.16 Å². The van der Waals surface area contributed by atoms with Crippen LogP contribution in [0.25, 0.3) is 0 Å². The summed E-state index contributed by atoms with van der Waals surface area (Å²) in [5, 5.41) is 0. The smallest absolute Gasteiger partial charge is 0.303 e. The molecule has 0 N–H and O–H groups in total. The lowest BCUT2D eigenvalue weighted by Crippen LogP contribution is -2.52. The molecular weight excluding hydrogens is 340 g/mol. The second-order valence-electron chi connectivity index (χ2n) is 3.98. The normalized spacial score (nSPS) is 30.3. The summed E-state index contributed by atoms with van der Waals surface area (Å²) in [4.78, 5) is 33.3. The zero-order valence-corrected chi connectivity index (χ0v) is 13.2.